The highest BCUT2D eigenvalue weighted by Crippen LogP contribution is 2.39. The van der Waals surface area contributed by atoms with E-state index in [1.54, 1.807) is 11.3 Å². The van der Waals surface area contributed by atoms with Crippen molar-refractivity contribution in [2.24, 2.45) is 11.8 Å². The molecule has 1 heteroatoms. The molecule has 74 valence electrons. The van der Waals surface area contributed by atoms with Crippen molar-refractivity contribution < 1.29 is 0 Å². The van der Waals surface area contributed by atoms with Crippen LogP contribution in [-0.2, 0) is 0 Å². The van der Waals surface area contributed by atoms with Crippen LogP contribution >= 0.6 is 0 Å². The summed E-state index contributed by atoms with van der Waals surface area (Å²) in [5.41, 5.74) is 3.14. The molecule has 0 aromatic rings. The first-order chi connectivity index (χ1) is 6.95. The summed E-state index contributed by atoms with van der Waals surface area (Å²) >= 11 is 0. The van der Waals surface area contributed by atoms with Crippen LogP contribution in [0.3, 0.4) is 0 Å². The summed E-state index contributed by atoms with van der Waals surface area (Å²) in [6.07, 6.45) is 14.5. The van der Waals surface area contributed by atoms with E-state index in [2.05, 4.69) is 29.6 Å². The second-order valence-corrected chi connectivity index (χ2v) is 4.56. The molecule has 0 bridgehead atoms. The molecular weight excluding hydrogens is 170 g/mol. The van der Waals surface area contributed by atoms with Crippen molar-refractivity contribution in [3.05, 3.63) is 35.6 Å². The van der Waals surface area contributed by atoms with E-state index in [-0.39, 0.29) is 0 Å². The molecule has 0 spiro atoms. The van der Waals surface area contributed by atoms with Gasteiger partial charge in [-0.25, -0.2) is 0 Å². The molecule has 1 nitrogen and oxygen atoms in total. The first-order valence-electron chi connectivity index (χ1n) is 5.78. The van der Waals surface area contributed by atoms with E-state index in [1.807, 2.05) is 0 Å². The second kappa shape index (κ2) is 3.30. The maximum absolute atomic E-state index is 3.61. The first-order valence-corrected chi connectivity index (χ1v) is 5.78. The molecule has 1 N–H and O–H groups in total. The molecule has 0 radical (unpaired) electrons. The highest BCUT2D eigenvalue weighted by atomic mass is 14.9. The summed E-state index contributed by atoms with van der Waals surface area (Å²) in [7, 11) is 0. The van der Waals surface area contributed by atoms with Crippen LogP contribution < -0.4 is 5.32 Å². The third-order valence-electron chi connectivity index (χ3n) is 3.72. The Bertz CT molecular complexity index is 322. The Balaban J connectivity index is 2.00. The van der Waals surface area contributed by atoms with Gasteiger partial charge in [0.25, 0.3) is 0 Å². The number of piperidine rings is 1. The lowest BCUT2D eigenvalue weighted by atomic mass is 9.75. The lowest BCUT2D eigenvalue weighted by Crippen LogP contribution is -2.33. The molecule has 3 aliphatic rings. The number of rotatable bonds is 0. The third kappa shape index (κ3) is 1.23. The van der Waals surface area contributed by atoms with Crippen molar-refractivity contribution in [2.75, 3.05) is 6.54 Å². The fraction of sp³-hybridized carbons (Fsp3) is 0.538. The van der Waals surface area contributed by atoms with Crippen LogP contribution in [0, 0.1) is 11.8 Å². The van der Waals surface area contributed by atoms with Gasteiger partial charge in [0.05, 0.1) is 0 Å². The van der Waals surface area contributed by atoms with Crippen LogP contribution in [0.4, 0.5) is 0 Å². The van der Waals surface area contributed by atoms with Crippen molar-refractivity contribution in [3.8, 4) is 0 Å². The van der Waals surface area contributed by atoms with Gasteiger partial charge in [-0.05, 0) is 37.2 Å². The van der Waals surface area contributed by atoms with Gasteiger partial charge in [-0.1, -0.05) is 24.3 Å². The Morgan fingerprint density at radius 2 is 2.14 bits per heavy atom. The smallest absolute Gasteiger partial charge is 0.0177 e. The summed E-state index contributed by atoms with van der Waals surface area (Å²) < 4.78 is 0. The van der Waals surface area contributed by atoms with Crippen LogP contribution in [0.2, 0.25) is 0 Å². The minimum absolute atomic E-state index is 0.705. The number of fused-ring (bicyclic) bond motifs is 2. The van der Waals surface area contributed by atoms with Gasteiger partial charge in [-0.3, -0.25) is 0 Å². The number of allylic oxidation sites excluding steroid dienone is 6. The highest BCUT2D eigenvalue weighted by molar-refractivity contribution is 5.39. The monoisotopic (exact) mass is 187 g/mol. The lowest BCUT2D eigenvalue weighted by molar-refractivity contribution is 0.365. The molecule has 0 saturated carbocycles. The van der Waals surface area contributed by atoms with E-state index in [0.29, 0.717) is 5.92 Å². The van der Waals surface area contributed by atoms with Gasteiger partial charge < -0.3 is 5.32 Å². The molecule has 0 aromatic carbocycles. The summed E-state index contributed by atoms with van der Waals surface area (Å²) in [6, 6.07) is 0. The molecule has 14 heavy (non-hydrogen) atoms. The quantitative estimate of drug-likeness (QED) is 0.615. The summed E-state index contributed by atoms with van der Waals surface area (Å²) in [6.45, 7) is 1.18. The van der Waals surface area contributed by atoms with Gasteiger partial charge >= 0.3 is 0 Å². The van der Waals surface area contributed by atoms with Crippen LogP contribution in [0.5, 0.6) is 0 Å². The Morgan fingerprint density at radius 1 is 1.14 bits per heavy atom. The predicted molar refractivity (Wildman–Crippen MR) is 58.8 cm³/mol. The minimum atomic E-state index is 0.705. The van der Waals surface area contributed by atoms with Crippen LogP contribution in [0.25, 0.3) is 0 Å². The van der Waals surface area contributed by atoms with Crippen molar-refractivity contribution in [2.45, 2.75) is 25.7 Å². The van der Waals surface area contributed by atoms with Crippen molar-refractivity contribution in [1.29, 1.82) is 0 Å². The van der Waals surface area contributed by atoms with Crippen molar-refractivity contribution in [1.82, 2.24) is 5.32 Å². The zero-order chi connectivity index (χ0) is 9.38. The van der Waals surface area contributed by atoms with Gasteiger partial charge in [0.2, 0.25) is 0 Å². The van der Waals surface area contributed by atoms with Gasteiger partial charge in [0.1, 0.15) is 0 Å². The van der Waals surface area contributed by atoms with Crippen LogP contribution in [0.1, 0.15) is 25.7 Å². The molecule has 1 heterocycles. The lowest BCUT2D eigenvalue weighted by Gasteiger charge is -2.36. The standard InChI is InChI=1S/C13H17N/c1-2-6-12-10(4-1)7-8-11-5-3-9-14-13(11)12/h1-2,4,6,10-11,14H,3,5,7-9H2. The van der Waals surface area contributed by atoms with Gasteiger partial charge in [-0.15, -0.1) is 0 Å². The van der Waals surface area contributed by atoms with Gasteiger partial charge in [0.15, 0.2) is 0 Å². The fourth-order valence-corrected chi connectivity index (χ4v) is 2.99. The van der Waals surface area contributed by atoms with E-state index < -0.39 is 0 Å². The summed E-state index contributed by atoms with van der Waals surface area (Å²) in [4.78, 5) is 0. The molecule has 0 amide bonds. The molecular formula is C13H17N. The Kier molecular flexibility index (Phi) is 1.97. The van der Waals surface area contributed by atoms with Crippen molar-refractivity contribution >= 4 is 0 Å². The Labute approximate surface area is 85.6 Å². The molecule has 2 unspecified atom stereocenters. The van der Waals surface area contributed by atoms with Crippen LogP contribution in [0.15, 0.2) is 35.6 Å². The van der Waals surface area contributed by atoms with Crippen molar-refractivity contribution in [3.63, 3.8) is 0 Å². The number of hydrogen-bond donors (Lipinski definition) is 1. The van der Waals surface area contributed by atoms with E-state index in [1.165, 1.54) is 32.2 Å². The van der Waals surface area contributed by atoms with Crippen LogP contribution in [-0.4, -0.2) is 6.54 Å². The highest BCUT2D eigenvalue weighted by Gasteiger charge is 2.29. The van der Waals surface area contributed by atoms with E-state index in [0.717, 1.165) is 5.92 Å². The van der Waals surface area contributed by atoms with Gasteiger partial charge in [0, 0.05) is 18.2 Å². The topological polar surface area (TPSA) is 12.0 Å². The Morgan fingerprint density at radius 3 is 3.14 bits per heavy atom. The molecule has 1 saturated heterocycles. The molecule has 1 aliphatic heterocycles. The largest absolute Gasteiger partial charge is 0.388 e. The first kappa shape index (κ1) is 8.34. The molecule has 3 rings (SSSR count). The maximum Gasteiger partial charge on any atom is 0.0177 e. The molecule has 2 aliphatic carbocycles. The second-order valence-electron chi connectivity index (χ2n) is 4.56. The Hall–Kier alpha value is -0.980. The summed E-state index contributed by atoms with van der Waals surface area (Å²) in [5.74, 6) is 1.54. The molecule has 2 atom stereocenters. The molecule has 1 fully saturated rings. The average molecular weight is 187 g/mol. The summed E-state index contributed by atoms with van der Waals surface area (Å²) in [5, 5.41) is 3.61. The number of nitrogens with one attached hydrogen (secondary N) is 1. The van der Waals surface area contributed by atoms with E-state index in [4.69, 9.17) is 0 Å². The SMILES string of the molecule is C1=CC2=C3NCCCC3CCC2C=C1. The normalized spacial score (nSPS) is 34.9. The van der Waals surface area contributed by atoms with E-state index in [9.17, 15) is 0 Å². The zero-order valence-corrected chi connectivity index (χ0v) is 8.50. The van der Waals surface area contributed by atoms with E-state index >= 15 is 0 Å². The predicted octanol–water partition coefficient (Wildman–Crippen LogP) is 2.78. The maximum atomic E-state index is 3.61. The average Bonchev–Trinajstić information content (AvgIpc) is 2.29. The third-order valence-corrected chi connectivity index (χ3v) is 3.72. The minimum Gasteiger partial charge on any atom is -0.388 e. The van der Waals surface area contributed by atoms with Gasteiger partial charge in [-0.2, -0.15) is 0 Å². The zero-order valence-electron chi connectivity index (χ0n) is 8.50. The molecule has 0 aromatic heterocycles. The number of hydrogen-bond acceptors (Lipinski definition) is 1. The fourth-order valence-electron chi connectivity index (χ4n) is 2.99.